The fraction of sp³-hybridized carbons (Fsp3) is 0.250. The van der Waals surface area contributed by atoms with E-state index < -0.39 is 32.1 Å². The maximum Gasteiger partial charge on any atom is 0.275 e. The molecule has 1 aliphatic heterocycles. The first kappa shape index (κ1) is 21.1. The third kappa shape index (κ3) is 4.06. The van der Waals surface area contributed by atoms with Gasteiger partial charge in [-0.15, -0.1) is 0 Å². The van der Waals surface area contributed by atoms with Crippen molar-refractivity contribution in [2.75, 3.05) is 26.2 Å². The van der Waals surface area contributed by atoms with Crippen LogP contribution in [0.1, 0.15) is 0 Å². The molecule has 0 saturated carbocycles. The maximum atomic E-state index is 13.9. The number of aromatic nitrogens is 2. The molecule has 162 valence electrons. The van der Waals surface area contributed by atoms with Crippen molar-refractivity contribution in [1.82, 2.24) is 19.0 Å². The molecule has 0 N–H and O–H groups in total. The summed E-state index contributed by atoms with van der Waals surface area (Å²) in [5.41, 5.74) is -0.394. The van der Waals surface area contributed by atoms with Crippen LogP contribution >= 0.6 is 0 Å². The van der Waals surface area contributed by atoms with Gasteiger partial charge >= 0.3 is 0 Å². The van der Waals surface area contributed by atoms with Crippen LogP contribution in [0.2, 0.25) is 0 Å². The van der Waals surface area contributed by atoms with Gasteiger partial charge in [-0.3, -0.25) is 9.59 Å². The van der Waals surface area contributed by atoms with Gasteiger partial charge in [0, 0.05) is 31.6 Å². The maximum absolute atomic E-state index is 13.9. The highest BCUT2D eigenvalue weighted by Crippen LogP contribution is 2.21. The predicted octanol–water partition coefficient (Wildman–Crippen LogP) is 1.21. The minimum Gasteiger partial charge on any atom is -0.338 e. The van der Waals surface area contributed by atoms with Crippen LogP contribution in [0.15, 0.2) is 58.4 Å². The average Bonchev–Trinajstić information content (AvgIpc) is 2.77. The summed E-state index contributed by atoms with van der Waals surface area (Å²) in [6.45, 7) is -0.336. The number of halogens is 2. The van der Waals surface area contributed by atoms with Crippen LogP contribution in [0, 0.1) is 11.6 Å². The zero-order valence-electron chi connectivity index (χ0n) is 16.2. The molecule has 2 heterocycles. The lowest BCUT2D eigenvalue weighted by Crippen LogP contribution is -2.51. The van der Waals surface area contributed by atoms with Crippen molar-refractivity contribution in [3.63, 3.8) is 0 Å². The molecule has 0 spiro atoms. The minimum atomic E-state index is -4.24. The van der Waals surface area contributed by atoms with Gasteiger partial charge < -0.3 is 4.90 Å². The number of hydrogen-bond donors (Lipinski definition) is 0. The summed E-state index contributed by atoms with van der Waals surface area (Å²) in [7, 11) is -4.24. The van der Waals surface area contributed by atoms with Gasteiger partial charge in [-0.2, -0.15) is 9.40 Å². The molecule has 0 unspecified atom stereocenters. The molecule has 8 nitrogen and oxygen atoms in total. The van der Waals surface area contributed by atoms with Crippen molar-refractivity contribution in [2.24, 2.45) is 0 Å². The van der Waals surface area contributed by atoms with E-state index in [9.17, 15) is 26.8 Å². The van der Waals surface area contributed by atoms with Gasteiger partial charge in [-0.1, -0.05) is 18.2 Å². The van der Waals surface area contributed by atoms with E-state index in [1.54, 1.807) is 24.3 Å². The third-order valence-corrected chi connectivity index (χ3v) is 7.06. The summed E-state index contributed by atoms with van der Waals surface area (Å²) in [6, 6.07) is 9.13. The van der Waals surface area contributed by atoms with Gasteiger partial charge in [-0.25, -0.2) is 21.9 Å². The lowest BCUT2D eigenvalue weighted by Gasteiger charge is -2.34. The number of hydrogen-bond acceptors (Lipinski definition) is 5. The van der Waals surface area contributed by atoms with Crippen molar-refractivity contribution in [1.29, 1.82) is 0 Å². The molecule has 1 amide bonds. The van der Waals surface area contributed by atoms with Crippen molar-refractivity contribution in [2.45, 2.75) is 11.4 Å². The summed E-state index contributed by atoms with van der Waals surface area (Å²) in [6.07, 6.45) is 1.50. The largest absolute Gasteiger partial charge is 0.338 e. The number of fused-ring (bicyclic) bond motifs is 1. The van der Waals surface area contributed by atoms with E-state index in [2.05, 4.69) is 5.10 Å². The van der Waals surface area contributed by atoms with Gasteiger partial charge in [0.05, 0.1) is 11.6 Å². The molecule has 1 aromatic heterocycles. The topological polar surface area (TPSA) is 92.6 Å². The van der Waals surface area contributed by atoms with Crippen molar-refractivity contribution in [3.8, 4) is 0 Å². The van der Waals surface area contributed by atoms with Crippen molar-refractivity contribution >= 4 is 26.7 Å². The predicted molar refractivity (Wildman–Crippen MR) is 108 cm³/mol. The first-order valence-electron chi connectivity index (χ1n) is 9.45. The van der Waals surface area contributed by atoms with E-state index >= 15 is 0 Å². The summed E-state index contributed by atoms with van der Waals surface area (Å²) in [5, 5.41) is 5.14. The monoisotopic (exact) mass is 448 g/mol. The molecule has 4 rings (SSSR count). The second kappa shape index (κ2) is 8.16. The van der Waals surface area contributed by atoms with Crippen LogP contribution < -0.4 is 5.56 Å². The Hall–Kier alpha value is -3.18. The number of carbonyl (C=O) groups excluding carboxylic acids is 1. The van der Waals surface area contributed by atoms with Crippen LogP contribution in [0.5, 0.6) is 0 Å². The second-order valence-electron chi connectivity index (χ2n) is 7.05. The Balaban J connectivity index is 1.45. The van der Waals surface area contributed by atoms with E-state index in [-0.39, 0.29) is 38.6 Å². The summed E-state index contributed by atoms with van der Waals surface area (Å²) >= 11 is 0. The Bertz CT molecular complexity index is 1320. The molecule has 0 radical (unpaired) electrons. The molecular weight excluding hydrogens is 430 g/mol. The molecule has 0 bridgehead atoms. The van der Waals surface area contributed by atoms with E-state index in [4.69, 9.17) is 0 Å². The van der Waals surface area contributed by atoms with Crippen LogP contribution in [-0.2, 0) is 21.4 Å². The summed E-state index contributed by atoms with van der Waals surface area (Å²) in [5.74, 6) is -2.29. The first-order chi connectivity index (χ1) is 14.8. The number of piperazine rings is 1. The van der Waals surface area contributed by atoms with Gasteiger partial charge in [-0.05, 0) is 24.3 Å². The number of nitrogens with zero attached hydrogens (tertiary/aromatic N) is 4. The Kier molecular flexibility index (Phi) is 5.54. The van der Waals surface area contributed by atoms with Crippen LogP contribution in [-0.4, -0.2) is 59.5 Å². The molecule has 31 heavy (non-hydrogen) atoms. The van der Waals surface area contributed by atoms with Crippen LogP contribution in [0.25, 0.3) is 10.8 Å². The van der Waals surface area contributed by atoms with E-state index in [0.717, 1.165) is 21.1 Å². The van der Waals surface area contributed by atoms with Crippen molar-refractivity contribution in [3.05, 3.63) is 70.6 Å². The molecule has 1 fully saturated rings. The molecule has 11 heteroatoms. The molecule has 0 aliphatic carbocycles. The number of benzene rings is 2. The van der Waals surface area contributed by atoms with Gasteiger partial charge in [0.2, 0.25) is 15.9 Å². The summed E-state index contributed by atoms with van der Waals surface area (Å²) < 4.78 is 54.7. The van der Waals surface area contributed by atoms with E-state index in [0.29, 0.717) is 16.8 Å². The number of amides is 1. The zero-order chi connectivity index (χ0) is 22.2. The first-order valence-corrected chi connectivity index (χ1v) is 10.9. The minimum absolute atomic E-state index is 0.0529. The molecule has 3 aromatic rings. The number of carbonyl (C=O) groups is 1. The normalized spacial score (nSPS) is 15.4. The smallest absolute Gasteiger partial charge is 0.275 e. The Morgan fingerprint density at radius 3 is 2.48 bits per heavy atom. The quantitative estimate of drug-likeness (QED) is 0.598. The third-order valence-electron chi connectivity index (χ3n) is 5.15. The SMILES string of the molecule is O=C(Cn1ncc2ccccc2c1=O)N1CCN(S(=O)(=O)c2cc(F)ccc2F)CC1. The van der Waals surface area contributed by atoms with E-state index in [1.165, 1.54) is 11.1 Å². The lowest BCUT2D eigenvalue weighted by molar-refractivity contribution is -0.133. The number of sulfonamides is 1. The van der Waals surface area contributed by atoms with Gasteiger partial charge in [0.15, 0.2) is 0 Å². The standard InChI is InChI=1S/C20H18F2N4O4S/c21-15-5-6-17(22)18(11-15)31(29,30)25-9-7-24(8-10-25)19(27)13-26-20(28)16-4-2-1-3-14(16)12-23-26/h1-6,11-12H,7-10,13H2. The average molecular weight is 448 g/mol. The summed E-state index contributed by atoms with van der Waals surface area (Å²) in [4.78, 5) is 25.8. The van der Waals surface area contributed by atoms with Crippen LogP contribution in [0.3, 0.4) is 0 Å². The van der Waals surface area contributed by atoms with Gasteiger partial charge in [0.1, 0.15) is 23.1 Å². The molecule has 1 saturated heterocycles. The lowest BCUT2D eigenvalue weighted by atomic mass is 10.2. The fourth-order valence-corrected chi connectivity index (χ4v) is 4.96. The highest BCUT2D eigenvalue weighted by molar-refractivity contribution is 7.89. The number of rotatable bonds is 4. The highest BCUT2D eigenvalue weighted by atomic mass is 32.2. The molecule has 1 aliphatic rings. The van der Waals surface area contributed by atoms with E-state index in [1.807, 2.05) is 0 Å². The van der Waals surface area contributed by atoms with Gasteiger partial charge in [0.25, 0.3) is 5.56 Å². The highest BCUT2D eigenvalue weighted by Gasteiger charge is 2.32. The Labute approximate surface area is 176 Å². The Morgan fingerprint density at radius 1 is 1.03 bits per heavy atom. The van der Waals surface area contributed by atoms with Crippen molar-refractivity contribution < 1.29 is 22.0 Å². The van der Waals surface area contributed by atoms with Crippen LogP contribution in [0.4, 0.5) is 8.78 Å². The Morgan fingerprint density at radius 2 is 1.74 bits per heavy atom. The second-order valence-corrected chi connectivity index (χ2v) is 8.96. The molecule has 0 atom stereocenters. The zero-order valence-corrected chi connectivity index (χ0v) is 17.1. The fourth-order valence-electron chi connectivity index (χ4n) is 3.46. The molecule has 2 aromatic carbocycles. The molecular formula is C20H18F2N4O4S.